The van der Waals surface area contributed by atoms with E-state index in [9.17, 15) is 19.5 Å². The Morgan fingerprint density at radius 3 is 2.13 bits per heavy atom. The number of amides is 1. The molecule has 2 N–H and O–H groups in total. The van der Waals surface area contributed by atoms with Gasteiger partial charge in [0.15, 0.2) is 5.78 Å². The predicted molar refractivity (Wildman–Crippen MR) is 178 cm³/mol. The molecule has 0 aliphatic heterocycles. The van der Waals surface area contributed by atoms with Gasteiger partial charge in [-0.3, -0.25) is 9.59 Å². The normalized spacial score (nSPS) is 11.4. The minimum atomic E-state index is -1.02. The third-order valence-corrected chi connectivity index (χ3v) is 7.64. The molecule has 234 valence electrons. The number of carboxylic acids is 1. The van der Waals surface area contributed by atoms with Crippen LogP contribution in [0.15, 0.2) is 109 Å². The van der Waals surface area contributed by atoms with Gasteiger partial charge in [0.05, 0.1) is 6.54 Å². The van der Waals surface area contributed by atoms with Crippen molar-refractivity contribution in [1.29, 1.82) is 0 Å². The highest BCUT2D eigenvalue weighted by Gasteiger charge is 2.21. The van der Waals surface area contributed by atoms with E-state index in [1.807, 2.05) is 65.6 Å². The van der Waals surface area contributed by atoms with Gasteiger partial charge in [0, 0.05) is 36.2 Å². The van der Waals surface area contributed by atoms with Gasteiger partial charge in [-0.05, 0) is 41.8 Å². The maximum atomic E-state index is 13.1. The first kappa shape index (κ1) is 33.0. The zero-order valence-corrected chi connectivity index (χ0v) is 25.9. The Bertz CT molecular complexity index is 1510. The summed E-state index contributed by atoms with van der Waals surface area (Å²) >= 11 is 0. The molecule has 0 spiro atoms. The van der Waals surface area contributed by atoms with Gasteiger partial charge in [-0.25, -0.2) is 4.79 Å². The number of nitrogens with zero attached hydrogens (tertiary/aromatic N) is 1. The molecule has 4 aromatic rings. The first-order chi connectivity index (χ1) is 21.9. The smallest absolute Gasteiger partial charge is 0.326 e. The number of unbranched alkanes of at least 4 members (excludes halogenated alkanes) is 3. The molecule has 1 amide bonds. The van der Waals surface area contributed by atoms with Crippen LogP contribution in [0.5, 0.6) is 5.75 Å². The summed E-state index contributed by atoms with van der Waals surface area (Å²) in [5.74, 6) is -0.416. The molecule has 0 heterocycles. The molecular formula is C38H42N2O5. The molecule has 7 nitrogen and oxygen atoms in total. The molecule has 45 heavy (non-hydrogen) atoms. The van der Waals surface area contributed by atoms with Crippen molar-refractivity contribution in [3.63, 3.8) is 0 Å². The minimum Gasteiger partial charge on any atom is -0.492 e. The van der Waals surface area contributed by atoms with Crippen LogP contribution in [0.25, 0.3) is 0 Å². The molecule has 0 unspecified atom stereocenters. The van der Waals surface area contributed by atoms with Crippen LogP contribution in [0.3, 0.4) is 0 Å². The van der Waals surface area contributed by atoms with Crippen LogP contribution in [-0.4, -0.2) is 46.9 Å². The van der Waals surface area contributed by atoms with E-state index in [0.29, 0.717) is 48.7 Å². The van der Waals surface area contributed by atoms with Gasteiger partial charge in [0.25, 0.3) is 0 Å². The third kappa shape index (κ3) is 10.3. The lowest BCUT2D eigenvalue weighted by molar-refractivity contribution is -0.138. The number of rotatable bonds is 18. The molecule has 7 heteroatoms. The van der Waals surface area contributed by atoms with Gasteiger partial charge in [-0.15, -0.1) is 0 Å². The molecule has 0 bridgehead atoms. The fourth-order valence-corrected chi connectivity index (χ4v) is 5.13. The van der Waals surface area contributed by atoms with Crippen molar-refractivity contribution in [1.82, 2.24) is 4.90 Å². The number of carbonyl (C=O) groups excluding carboxylic acids is 2. The van der Waals surface area contributed by atoms with Crippen LogP contribution in [-0.2, 0) is 22.6 Å². The number of hydrogen-bond acceptors (Lipinski definition) is 5. The molecule has 0 aliphatic carbocycles. The van der Waals surface area contributed by atoms with Gasteiger partial charge in [-0.2, -0.15) is 0 Å². The van der Waals surface area contributed by atoms with Gasteiger partial charge < -0.3 is 20.1 Å². The summed E-state index contributed by atoms with van der Waals surface area (Å²) in [6.07, 6.45) is 4.95. The highest BCUT2D eigenvalue weighted by atomic mass is 16.5. The maximum Gasteiger partial charge on any atom is 0.326 e. The molecule has 4 aromatic carbocycles. The second-order valence-electron chi connectivity index (χ2n) is 11.1. The van der Waals surface area contributed by atoms with E-state index in [1.165, 1.54) is 0 Å². The van der Waals surface area contributed by atoms with E-state index in [1.54, 1.807) is 48.5 Å². The number of ether oxygens (including phenoxy) is 1. The number of carboxylic acid groups (broad SMARTS) is 1. The van der Waals surface area contributed by atoms with Crippen molar-refractivity contribution >= 4 is 23.3 Å². The summed E-state index contributed by atoms with van der Waals surface area (Å²) in [6.45, 7) is 3.51. The number of anilines is 1. The van der Waals surface area contributed by atoms with Crippen molar-refractivity contribution in [2.75, 3.05) is 18.5 Å². The molecule has 1 atom stereocenters. The monoisotopic (exact) mass is 606 g/mol. The number of ketones is 1. The largest absolute Gasteiger partial charge is 0.492 e. The number of carbonyl (C=O) groups is 3. The minimum absolute atomic E-state index is 0.133. The Hall–Kier alpha value is -4.91. The fraction of sp³-hybridized carbons (Fsp3) is 0.289. The van der Waals surface area contributed by atoms with Crippen LogP contribution >= 0.6 is 0 Å². The third-order valence-electron chi connectivity index (χ3n) is 7.64. The van der Waals surface area contributed by atoms with Crippen molar-refractivity contribution in [2.24, 2.45) is 0 Å². The van der Waals surface area contributed by atoms with E-state index in [4.69, 9.17) is 4.74 Å². The van der Waals surface area contributed by atoms with Gasteiger partial charge in [0.1, 0.15) is 18.4 Å². The predicted octanol–water partition coefficient (Wildman–Crippen LogP) is 7.40. The zero-order valence-electron chi connectivity index (χ0n) is 25.9. The number of hydrogen-bond donors (Lipinski definition) is 2. The van der Waals surface area contributed by atoms with Gasteiger partial charge in [-0.1, -0.05) is 111 Å². The first-order valence-corrected chi connectivity index (χ1v) is 15.7. The fourth-order valence-electron chi connectivity index (χ4n) is 5.13. The molecule has 4 rings (SSSR count). The summed E-state index contributed by atoms with van der Waals surface area (Å²) in [6, 6.07) is 32.2. The van der Waals surface area contributed by atoms with Crippen LogP contribution in [0.1, 0.15) is 66.1 Å². The van der Waals surface area contributed by atoms with Gasteiger partial charge in [0.2, 0.25) is 5.91 Å². The van der Waals surface area contributed by atoms with Crippen LogP contribution < -0.4 is 10.1 Å². The molecule has 0 saturated carbocycles. The lowest BCUT2D eigenvalue weighted by atomic mass is 10.00. The summed E-state index contributed by atoms with van der Waals surface area (Å²) in [5.41, 5.74) is 3.31. The first-order valence-electron chi connectivity index (χ1n) is 15.7. The standard InChI is InChI=1S/C38H42N2O5/c1-2-3-4-11-20-36(41)40(28-30-14-7-5-8-15-30)25-26-45-32-23-21-29(22-24-32)27-35(38(43)44)39-34-19-13-12-18-33(34)37(42)31-16-9-6-10-17-31/h5-10,12-19,21-24,35,39H,2-4,11,20,25-28H2,1H3,(H,43,44)/t35-/m0/s1. The number of aliphatic carboxylic acids is 1. The Morgan fingerprint density at radius 2 is 1.44 bits per heavy atom. The van der Waals surface area contributed by atoms with Crippen LogP contribution in [0, 0.1) is 0 Å². The lowest BCUT2D eigenvalue weighted by Gasteiger charge is -2.23. The molecule has 0 aliphatic rings. The number of para-hydroxylation sites is 1. The van der Waals surface area contributed by atoms with E-state index in [2.05, 4.69) is 12.2 Å². The molecule has 0 radical (unpaired) electrons. The van der Waals surface area contributed by atoms with Crippen LogP contribution in [0.2, 0.25) is 0 Å². The second kappa shape index (κ2) is 17.4. The van der Waals surface area contributed by atoms with Crippen molar-refractivity contribution in [3.8, 4) is 5.75 Å². The average Bonchev–Trinajstić information content (AvgIpc) is 3.07. The van der Waals surface area contributed by atoms with E-state index in [0.717, 1.165) is 36.8 Å². The Labute approximate surface area is 265 Å². The molecule has 0 saturated heterocycles. The summed E-state index contributed by atoms with van der Waals surface area (Å²) in [7, 11) is 0. The summed E-state index contributed by atoms with van der Waals surface area (Å²) < 4.78 is 5.99. The van der Waals surface area contributed by atoms with Crippen LogP contribution in [0.4, 0.5) is 5.69 Å². The SMILES string of the molecule is CCCCCCC(=O)N(CCOc1ccc(C[C@H](Nc2ccccc2C(=O)c2ccccc2)C(=O)O)cc1)Cc1ccccc1. The van der Waals surface area contributed by atoms with E-state index >= 15 is 0 Å². The highest BCUT2D eigenvalue weighted by molar-refractivity contribution is 6.12. The van der Waals surface area contributed by atoms with Crippen molar-refractivity contribution < 1.29 is 24.2 Å². The average molecular weight is 607 g/mol. The Kier molecular flexibility index (Phi) is 12.8. The topological polar surface area (TPSA) is 95.9 Å². The van der Waals surface area contributed by atoms with E-state index < -0.39 is 12.0 Å². The lowest BCUT2D eigenvalue weighted by Crippen LogP contribution is -2.34. The van der Waals surface area contributed by atoms with Crippen molar-refractivity contribution in [3.05, 3.63) is 131 Å². The molecule has 0 fully saturated rings. The maximum absolute atomic E-state index is 13.1. The Balaban J connectivity index is 1.34. The number of nitrogens with one attached hydrogen (secondary N) is 1. The molecule has 0 aromatic heterocycles. The highest BCUT2D eigenvalue weighted by Crippen LogP contribution is 2.22. The quantitative estimate of drug-likeness (QED) is 0.0905. The zero-order chi connectivity index (χ0) is 31.9. The second-order valence-corrected chi connectivity index (χ2v) is 11.1. The van der Waals surface area contributed by atoms with Gasteiger partial charge >= 0.3 is 5.97 Å². The molecular weight excluding hydrogens is 564 g/mol. The summed E-state index contributed by atoms with van der Waals surface area (Å²) in [4.78, 5) is 40.2. The van der Waals surface area contributed by atoms with E-state index in [-0.39, 0.29) is 18.1 Å². The number of benzene rings is 4. The summed E-state index contributed by atoms with van der Waals surface area (Å²) in [5, 5.41) is 13.1. The Morgan fingerprint density at radius 1 is 0.778 bits per heavy atom. The van der Waals surface area contributed by atoms with Crippen molar-refractivity contribution in [2.45, 2.75) is 58.0 Å².